The van der Waals surface area contributed by atoms with Crippen LogP contribution in [0.3, 0.4) is 0 Å². The number of imidazole rings is 1. The lowest BCUT2D eigenvalue weighted by Crippen LogP contribution is -2.52. The molecule has 33 heavy (non-hydrogen) atoms. The van der Waals surface area contributed by atoms with Crippen molar-refractivity contribution in [2.45, 2.75) is 38.6 Å². The maximum absolute atomic E-state index is 11.6. The Morgan fingerprint density at radius 1 is 1.09 bits per heavy atom. The molecule has 2 aliphatic rings. The molecule has 0 bridgehead atoms. The van der Waals surface area contributed by atoms with Gasteiger partial charge in [0.05, 0.1) is 5.69 Å². The molecule has 1 spiro atoms. The van der Waals surface area contributed by atoms with Crippen LogP contribution in [-0.2, 0) is 4.79 Å². The van der Waals surface area contributed by atoms with Gasteiger partial charge in [-0.3, -0.25) is 4.79 Å². The van der Waals surface area contributed by atoms with Crippen LogP contribution in [0.15, 0.2) is 36.8 Å². The third-order valence-electron chi connectivity index (χ3n) is 7.24. The van der Waals surface area contributed by atoms with Crippen LogP contribution < -0.4 is 10.6 Å². The number of likely N-dealkylation sites (tertiary alicyclic amines) is 1. The number of carbonyl (C=O) groups excluding carboxylic acids is 1. The average molecular weight is 446 g/mol. The smallest absolute Gasteiger partial charge is 0.243 e. The van der Waals surface area contributed by atoms with Crippen molar-refractivity contribution in [1.29, 1.82) is 0 Å². The van der Waals surface area contributed by atoms with Gasteiger partial charge in [-0.25, -0.2) is 14.0 Å². The SMILES string of the molecule is CNc1nc(NC2CC3(CCN(C(C)=O)CC3)C2)nn2ccc(-c3ccc4nccn4n3)c12. The van der Waals surface area contributed by atoms with Crippen molar-refractivity contribution >= 4 is 28.8 Å². The molecule has 6 rings (SSSR count). The molecule has 0 aromatic carbocycles. The number of rotatable bonds is 4. The first-order chi connectivity index (χ1) is 16.0. The largest absolute Gasteiger partial charge is 0.371 e. The predicted octanol–water partition coefficient (Wildman–Crippen LogP) is 2.68. The highest BCUT2D eigenvalue weighted by Gasteiger charge is 2.46. The highest BCUT2D eigenvalue weighted by atomic mass is 16.2. The summed E-state index contributed by atoms with van der Waals surface area (Å²) >= 11 is 0. The standard InChI is InChI=1S/C23H27N9O/c1-15(33)30-10-6-23(7-11-30)13-16(14-23)26-22-27-21(24-2)20-17(5-9-32(20)29-22)18-3-4-19-25-8-12-31(19)28-18/h3-5,8-9,12,16H,6-7,10-11,13-14H2,1-2H3,(H2,24,26,27,29). The number of piperidine rings is 1. The Hall–Kier alpha value is -3.69. The van der Waals surface area contributed by atoms with Gasteiger partial charge in [-0.1, -0.05) is 0 Å². The fourth-order valence-corrected chi connectivity index (χ4v) is 5.40. The molecule has 1 saturated carbocycles. The predicted molar refractivity (Wildman–Crippen MR) is 125 cm³/mol. The van der Waals surface area contributed by atoms with Crippen LogP contribution in [0.25, 0.3) is 22.4 Å². The van der Waals surface area contributed by atoms with Gasteiger partial charge in [0, 0.05) is 57.3 Å². The topological polar surface area (TPSA) is 105 Å². The van der Waals surface area contributed by atoms with Crippen LogP contribution in [0, 0.1) is 5.41 Å². The Morgan fingerprint density at radius 3 is 2.67 bits per heavy atom. The van der Waals surface area contributed by atoms with Crippen LogP contribution >= 0.6 is 0 Å². The van der Waals surface area contributed by atoms with E-state index in [1.165, 1.54) is 0 Å². The van der Waals surface area contributed by atoms with Crippen molar-refractivity contribution in [3.63, 3.8) is 0 Å². The molecule has 0 radical (unpaired) electrons. The lowest BCUT2D eigenvalue weighted by Gasteiger charge is -2.52. The summed E-state index contributed by atoms with van der Waals surface area (Å²) in [4.78, 5) is 22.6. The van der Waals surface area contributed by atoms with Gasteiger partial charge in [0.15, 0.2) is 11.5 Å². The van der Waals surface area contributed by atoms with Gasteiger partial charge in [0.1, 0.15) is 5.52 Å². The molecule has 10 nitrogen and oxygen atoms in total. The van der Waals surface area contributed by atoms with E-state index in [9.17, 15) is 4.79 Å². The Morgan fingerprint density at radius 2 is 1.91 bits per heavy atom. The van der Waals surface area contributed by atoms with Gasteiger partial charge >= 0.3 is 0 Å². The molecule has 2 fully saturated rings. The van der Waals surface area contributed by atoms with Crippen molar-refractivity contribution in [2.75, 3.05) is 30.8 Å². The highest BCUT2D eigenvalue weighted by Crippen LogP contribution is 2.49. The quantitative estimate of drug-likeness (QED) is 0.498. The first-order valence-corrected chi connectivity index (χ1v) is 11.4. The number of amides is 1. The van der Waals surface area contributed by atoms with E-state index in [1.807, 2.05) is 47.1 Å². The summed E-state index contributed by atoms with van der Waals surface area (Å²) in [5, 5.41) is 16.2. The van der Waals surface area contributed by atoms with E-state index >= 15 is 0 Å². The minimum atomic E-state index is 0.186. The number of fused-ring (bicyclic) bond motifs is 2. The fourth-order valence-electron chi connectivity index (χ4n) is 5.40. The van der Waals surface area contributed by atoms with E-state index in [0.29, 0.717) is 17.4 Å². The van der Waals surface area contributed by atoms with Gasteiger partial charge in [-0.2, -0.15) is 10.1 Å². The zero-order valence-corrected chi connectivity index (χ0v) is 18.8. The van der Waals surface area contributed by atoms with Crippen molar-refractivity contribution in [1.82, 2.24) is 34.1 Å². The van der Waals surface area contributed by atoms with Crippen LogP contribution in [0.2, 0.25) is 0 Å². The van der Waals surface area contributed by atoms with E-state index in [4.69, 9.17) is 10.1 Å². The average Bonchev–Trinajstić information content (AvgIpc) is 3.44. The van der Waals surface area contributed by atoms with Gasteiger partial charge in [-0.05, 0) is 49.3 Å². The second-order valence-corrected chi connectivity index (χ2v) is 9.26. The summed E-state index contributed by atoms with van der Waals surface area (Å²) < 4.78 is 3.62. The lowest BCUT2D eigenvalue weighted by molar-refractivity contribution is -0.132. The van der Waals surface area contributed by atoms with Crippen molar-refractivity contribution in [2.24, 2.45) is 5.41 Å². The van der Waals surface area contributed by atoms with Crippen molar-refractivity contribution < 1.29 is 4.79 Å². The number of carbonyl (C=O) groups is 1. The maximum Gasteiger partial charge on any atom is 0.243 e. The monoisotopic (exact) mass is 445 g/mol. The summed E-state index contributed by atoms with van der Waals surface area (Å²) in [7, 11) is 1.87. The van der Waals surface area contributed by atoms with Gasteiger partial charge in [-0.15, -0.1) is 5.10 Å². The number of nitrogens with zero attached hydrogens (tertiary/aromatic N) is 7. The number of nitrogens with one attached hydrogen (secondary N) is 2. The molecule has 4 aromatic heterocycles. The summed E-state index contributed by atoms with van der Waals surface area (Å²) in [5.74, 6) is 1.56. The molecular formula is C23H27N9O. The maximum atomic E-state index is 11.6. The van der Waals surface area contributed by atoms with Gasteiger partial charge in [0.2, 0.25) is 11.9 Å². The Bertz CT molecular complexity index is 1340. The molecule has 0 unspecified atom stereocenters. The number of hydrogen-bond donors (Lipinski definition) is 2. The molecule has 5 heterocycles. The molecule has 10 heteroatoms. The molecular weight excluding hydrogens is 418 g/mol. The van der Waals surface area contributed by atoms with E-state index in [2.05, 4.69) is 20.7 Å². The molecule has 2 N–H and O–H groups in total. The van der Waals surface area contributed by atoms with E-state index in [1.54, 1.807) is 17.6 Å². The minimum Gasteiger partial charge on any atom is -0.371 e. The third-order valence-corrected chi connectivity index (χ3v) is 7.24. The van der Waals surface area contributed by atoms with Crippen LogP contribution in [-0.4, -0.2) is 66.2 Å². The fraction of sp³-hybridized carbons (Fsp3) is 0.435. The lowest BCUT2D eigenvalue weighted by atomic mass is 9.60. The Kier molecular flexibility index (Phi) is 4.49. The van der Waals surface area contributed by atoms with Crippen LogP contribution in [0.4, 0.5) is 11.8 Å². The van der Waals surface area contributed by atoms with E-state index < -0.39 is 0 Å². The van der Waals surface area contributed by atoms with Gasteiger partial charge in [0.25, 0.3) is 0 Å². The Labute approximate surface area is 191 Å². The molecule has 0 atom stereocenters. The van der Waals surface area contributed by atoms with Crippen molar-refractivity contribution in [3.05, 3.63) is 36.8 Å². The molecule has 170 valence electrons. The number of anilines is 2. The first kappa shape index (κ1) is 20.0. The zero-order chi connectivity index (χ0) is 22.6. The summed E-state index contributed by atoms with van der Waals surface area (Å²) in [6, 6.07) is 6.29. The summed E-state index contributed by atoms with van der Waals surface area (Å²) in [6.07, 6.45) is 9.88. The van der Waals surface area contributed by atoms with E-state index in [-0.39, 0.29) is 5.91 Å². The summed E-state index contributed by atoms with van der Waals surface area (Å²) in [5.41, 5.74) is 3.85. The zero-order valence-electron chi connectivity index (χ0n) is 18.8. The molecule has 1 aliphatic carbocycles. The third kappa shape index (κ3) is 3.37. The van der Waals surface area contributed by atoms with Crippen LogP contribution in [0.1, 0.15) is 32.6 Å². The highest BCUT2D eigenvalue weighted by molar-refractivity contribution is 5.87. The molecule has 1 saturated heterocycles. The second-order valence-electron chi connectivity index (χ2n) is 9.26. The van der Waals surface area contributed by atoms with Gasteiger partial charge < -0.3 is 15.5 Å². The molecule has 1 aliphatic heterocycles. The van der Waals surface area contributed by atoms with E-state index in [0.717, 1.165) is 67.0 Å². The Balaban J connectivity index is 1.22. The second kappa shape index (κ2) is 7.43. The summed E-state index contributed by atoms with van der Waals surface area (Å²) in [6.45, 7) is 3.41. The normalized spacial score (nSPS) is 18.1. The number of hydrogen-bond acceptors (Lipinski definition) is 7. The number of aromatic nitrogens is 6. The molecule has 1 amide bonds. The first-order valence-electron chi connectivity index (χ1n) is 11.4. The van der Waals surface area contributed by atoms with Crippen molar-refractivity contribution in [3.8, 4) is 11.3 Å². The van der Waals surface area contributed by atoms with Crippen LogP contribution in [0.5, 0.6) is 0 Å². The molecule has 4 aromatic rings. The minimum absolute atomic E-state index is 0.186.